The van der Waals surface area contributed by atoms with Gasteiger partial charge in [0.05, 0.1) is 0 Å². The maximum absolute atomic E-state index is 5.87. The molecule has 0 spiro atoms. The van der Waals surface area contributed by atoms with Crippen LogP contribution in [0.5, 0.6) is 0 Å². The largest absolute Gasteiger partial charge is 0.324 e. The van der Waals surface area contributed by atoms with Gasteiger partial charge in [-0.2, -0.15) is 0 Å². The summed E-state index contributed by atoms with van der Waals surface area (Å²) in [7, 11) is 0. The molecule has 0 aliphatic carbocycles. The maximum atomic E-state index is 5.87. The van der Waals surface area contributed by atoms with Crippen LogP contribution in [0.15, 0.2) is 18.2 Å². The van der Waals surface area contributed by atoms with E-state index in [-0.39, 0.29) is 18.1 Å². The van der Waals surface area contributed by atoms with Crippen molar-refractivity contribution >= 4 is 0 Å². The van der Waals surface area contributed by atoms with E-state index >= 15 is 0 Å². The zero-order valence-corrected chi connectivity index (χ0v) is 9.70. The van der Waals surface area contributed by atoms with Crippen LogP contribution in [-0.2, 0) is 0 Å². The normalized spacial score (nSPS) is 17.2. The molecule has 0 saturated carbocycles. The van der Waals surface area contributed by atoms with Gasteiger partial charge in [-0.05, 0) is 37.5 Å². The molecule has 3 heteroatoms. The van der Waals surface area contributed by atoms with Gasteiger partial charge in [0, 0.05) is 18.1 Å². The molecule has 0 bridgehead atoms. The van der Waals surface area contributed by atoms with Crippen molar-refractivity contribution in [3.8, 4) is 0 Å². The molecule has 3 nitrogen and oxygen atoms in total. The summed E-state index contributed by atoms with van der Waals surface area (Å²) in [6.45, 7) is 5.89. The van der Waals surface area contributed by atoms with Crippen molar-refractivity contribution in [2.75, 3.05) is 0 Å². The van der Waals surface area contributed by atoms with Gasteiger partial charge in [0.15, 0.2) is 0 Å². The van der Waals surface area contributed by atoms with E-state index in [1.54, 1.807) is 0 Å². The molecule has 0 amide bonds. The summed E-state index contributed by atoms with van der Waals surface area (Å²) in [5.74, 6) is 0. The third-order valence-corrected chi connectivity index (χ3v) is 2.58. The molecule has 0 saturated heterocycles. The molecule has 0 heterocycles. The molecular formula is C12H21N3. The van der Waals surface area contributed by atoms with Gasteiger partial charge in [-0.1, -0.05) is 18.2 Å². The Morgan fingerprint density at radius 3 is 1.00 bits per heavy atom. The Morgan fingerprint density at radius 2 is 0.867 bits per heavy atom. The highest BCUT2D eigenvalue weighted by atomic mass is 14.6. The van der Waals surface area contributed by atoms with Crippen LogP contribution in [0, 0.1) is 0 Å². The lowest BCUT2D eigenvalue weighted by Crippen LogP contribution is -2.13. The van der Waals surface area contributed by atoms with Gasteiger partial charge in [-0.15, -0.1) is 0 Å². The van der Waals surface area contributed by atoms with Gasteiger partial charge in [0.1, 0.15) is 0 Å². The van der Waals surface area contributed by atoms with E-state index < -0.39 is 0 Å². The second-order valence-corrected chi connectivity index (χ2v) is 4.30. The van der Waals surface area contributed by atoms with Crippen LogP contribution in [-0.4, -0.2) is 0 Å². The van der Waals surface area contributed by atoms with Gasteiger partial charge < -0.3 is 17.2 Å². The molecule has 0 aliphatic rings. The second kappa shape index (κ2) is 4.75. The molecule has 15 heavy (non-hydrogen) atoms. The lowest BCUT2D eigenvalue weighted by atomic mass is 9.96. The molecule has 1 aromatic carbocycles. The Bertz CT molecular complexity index is 265. The smallest absolute Gasteiger partial charge is 0.0266 e. The van der Waals surface area contributed by atoms with Crippen molar-refractivity contribution < 1.29 is 0 Å². The summed E-state index contributed by atoms with van der Waals surface area (Å²) in [4.78, 5) is 0. The van der Waals surface area contributed by atoms with Crippen LogP contribution in [0.25, 0.3) is 0 Å². The molecule has 3 atom stereocenters. The van der Waals surface area contributed by atoms with Crippen molar-refractivity contribution in [2.24, 2.45) is 17.2 Å². The molecule has 6 N–H and O–H groups in total. The number of benzene rings is 1. The quantitative estimate of drug-likeness (QED) is 0.706. The third-order valence-electron chi connectivity index (χ3n) is 2.58. The van der Waals surface area contributed by atoms with Crippen molar-refractivity contribution in [2.45, 2.75) is 38.9 Å². The zero-order chi connectivity index (χ0) is 11.6. The summed E-state index contributed by atoms with van der Waals surface area (Å²) < 4.78 is 0. The Hall–Kier alpha value is -0.900. The number of hydrogen-bond donors (Lipinski definition) is 3. The predicted octanol–water partition coefficient (Wildman–Crippen LogP) is 1.75. The number of nitrogens with two attached hydrogens (primary N) is 3. The average Bonchev–Trinajstić information content (AvgIpc) is 2.16. The molecule has 1 rings (SSSR count). The van der Waals surface area contributed by atoms with E-state index in [1.165, 1.54) is 0 Å². The number of rotatable bonds is 3. The van der Waals surface area contributed by atoms with Crippen molar-refractivity contribution in [1.82, 2.24) is 0 Å². The first-order chi connectivity index (χ1) is 6.91. The fourth-order valence-electron chi connectivity index (χ4n) is 1.49. The van der Waals surface area contributed by atoms with Crippen LogP contribution in [0.3, 0.4) is 0 Å². The first kappa shape index (κ1) is 12.2. The number of hydrogen-bond acceptors (Lipinski definition) is 3. The highest BCUT2D eigenvalue weighted by molar-refractivity contribution is 5.34. The van der Waals surface area contributed by atoms with E-state index in [2.05, 4.69) is 18.2 Å². The van der Waals surface area contributed by atoms with Crippen LogP contribution in [0.1, 0.15) is 55.6 Å². The van der Waals surface area contributed by atoms with E-state index in [4.69, 9.17) is 17.2 Å². The summed E-state index contributed by atoms with van der Waals surface area (Å²) in [5.41, 5.74) is 20.9. The van der Waals surface area contributed by atoms with E-state index in [9.17, 15) is 0 Å². The van der Waals surface area contributed by atoms with Crippen LogP contribution in [0.4, 0.5) is 0 Å². The third kappa shape index (κ3) is 3.02. The minimum atomic E-state index is 0.0150. The Morgan fingerprint density at radius 1 is 0.667 bits per heavy atom. The van der Waals surface area contributed by atoms with E-state index in [0.717, 1.165) is 16.7 Å². The standard InChI is InChI=1S/C12H21N3/c1-7(13)10-4-11(8(2)14)6-12(5-10)9(3)15/h4-9H,13-15H2,1-3H3. The fourth-order valence-corrected chi connectivity index (χ4v) is 1.49. The van der Waals surface area contributed by atoms with Crippen LogP contribution < -0.4 is 17.2 Å². The van der Waals surface area contributed by atoms with Gasteiger partial charge in [0.25, 0.3) is 0 Å². The highest BCUT2D eigenvalue weighted by Gasteiger charge is 2.09. The van der Waals surface area contributed by atoms with Crippen molar-refractivity contribution in [3.05, 3.63) is 34.9 Å². The minimum Gasteiger partial charge on any atom is -0.324 e. The fraction of sp³-hybridized carbons (Fsp3) is 0.500. The minimum absolute atomic E-state index is 0.0150. The molecule has 84 valence electrons. The molecule has 0 aliphatic heterocycles. The molecule has 3 unspecified atom stereocenters. The van der Waals surface area contributed by atoms with Gasteiger partial charge >= 0.3 is 0 Å². The molecular weight excluding hydrogens is 186 g/mol. The Kier molecular flexibility index (Phi) is 3.85. The average molecular weight is 207 g/mol. The summed E-state index contributed by atoms with van der Waals surface area (Å²) in [6, 6.07) is 6.22. The first-order valence-corrected chi connectivity index (χ1v) is 5.33. The Labute approximate surface area is 91.6 Å². The predicted molar refractivity (Wildman–Crippen MR) is 64.2 cm³/mol. The SMILES string of the molecule is CC(N)c1cc(C(C)N)cc(C(C)N)c1. The second-order valence-electron chi connectivity index (χ2n) is 4.30. The topological polar surface area (TPSA) is 78.1 Å². The monoisotopic (exact) mass is 207 g/mol. The van der Waals surface area contributed by atoms with Gasteiger partial charge in [0.2, 0.25) is 0 Å². The van der Waals surface area contributed by atoms with Gasteiger partial charge in [-0.3, -0.25) is 0 Å². The molecule has 0 fully saturated rings. The Balaban J connectivity index is 3.20. The molecule has 0 aromatic heterocycles. The van der Waals surface area contributed by atoms with E-state index in [1.807, 2.05) is 20.8 Å². The lowest BCUT2D eigenvalue weighted by molar-refractivity contribution is 0.762. The van der Waals surface area contributed by atoms with Crippen LogP contribution >= 0.6 is 0 Å². The van der Waals surface area contributed by atoms with Crippen molar-refractivity contribution in [1.29, 1.82) is 0 Å². The summed E-state index contributed by atoms with van der Waals surface area (Å²) >= 11 is 0. The lowest BCUT2D eigenvalue weighted by Gasteiger charge is -2.16. The van der Waals surface area contributed by atoms with Gasteiger partial charge in [-0.25, -0.2) is 0 Å². The van der Waals surface area contributed by atoms with E-state index in [0.29, 0.717) is 0 Å². The molecule has 1 aromatic rings. The molecule has 0 radical (unpaired) electrons. The highest BCUT2D eigenvalue weighted by Crippen LogP contribution is 2.22. The maximum Gasteiger partial charge on any atom is 0.0266 e. The first-order valence-electron chi connectivity index (χ1n) is 5.33. The summed E-state index contributed by atoms with van der Waals surface area (Å²) in [6.07, 6.45) is 0. The van der Waals surface area contributed by atoms with Crippen molar-refractivity contribution in [3.63, 3.8) is 0 Å². The zero-order valence-electron chi connectivity index (χ0n) is 9.70. The summed E-state index contributed by atoms with van der Waals surface area (Å²) in [5, 5.41) is 0. The van der Waals surface area contributed by atoms with Crippen LogP contribution in [0.2, 0.25) is 0 Å².